The van der Waals surface area contributed by atoms with Gasteiger partial charge in [0.05, 0.1) is 5.52 Å². The van der Waals surface area contributed by atoms with Gasteiger partial charge in [-0.2, -0.15) is 0 Å². The number of nitrogens with two attached hydrogens (primary N) is 1. The van der Waals surface area contributed by atoms with Crippen LogP contribution in [-0.4, -0.2) is 22.6 Å². The fraction of sp³-hybridized carbons (Fsp3) is 0.333. The Morgan fingerprint density at radius 3 is 2.88 bits per heavy atom. The van der Waals surface area contributed by atoms with Crippen molar-refractivity contribution in [2.45, 2.75) is 19.4 Å². The second-order valence-corrected chi connectivity index (χ2v) is 3.72. The van der Waals surface area contributed by atoms with Crippen molar-refractivity contribution in [1.29, 1.82) is 0 Å². The number of nitrogens with one attached hydrogen (secondary N) is 1. The smallest absolute Gasteiger partial charge is 0.137 e. The molecular formula is C12H16N4. The first kappa shape index (κ1) is 10.8. The maximum Gasteiger partial charge on any atom is 0.137 e. The van der Waals surface area contributed by atoms with E-state index in [0.29, 0.717) is 6.54 Å². The Morgan fingerprint density at radius 2 is 2.12 bits per heavy atom. The summed E-state index contributed by atoms with van der Waals surface area (Å²) in [4.78, 5) is 8.48. The summed E-state index contributed by atoms with van der Waals surface area (Å²) in [6.07, 6.45) is 2.56. The minimum absolute atomic E-state index is 0.262. The van der Waals surface area contributed by atoms with Gasteiger partial charge in [0.1, 0.15) is 12.1 Å². The van der Waals surface area contributed by atoms with Crippen molar-refractivity contribution < 1.29 is 0 Å². The molecule has 0 bridgehead atoms. The van der Waals surface area contributed by atoms with Gasteiger partial charge in [-0.05, 0) is 18.6 Å². The molecule has 0 amide bonds. The van der Waals surface area contributed by atoms with Crippen LogP contribution in [0.5, 0.6) is 0 Å². The summed E-state index contributed by atoms with van der Waals surface area (Å²) >= 11 is 0. The first-order valence-electron chi connectivity index (χ1n) is 5.51. The predicted octanol–water partition coefficient (Wildman–Crippen LogP) is 1.78. The molecule has 1 aromatic carbocycles. The highest BCUT2D eigenvalue weighted by molar-refractivity contribution is 5.88. The van der Waals surface area contributed by atoms with Crippen LogP contribution in [0.25, 0.3) is 10.9 Å². The molecule has 1 unspecified atom stereocenters. The number of aromatic nitrogens is 2. The normalized spacial score (nSPS) is 12.6. The molecule has 0 spiro atoms. The zero-order chi connectivity index (χ0) is 11.4. The molecule has 1 aromatic heterocycles. The highest BCUT2D eigenvalue weighted by atomic mass is 15.0. The van der Waals surface area contributed by atoms with Crippen molar-refractivity contribution in [2.24, 2.45) is 5.73 Å². The molecule has 4 nitrogen and oxygen atoms in total. The van der Waals surface area contributed by atoms with E-state index >= 15 is 0 Å². The van der Waals surface area contributed by atoms with Crippen molar-refractivity contribution in [2.75, 3.05) is 11.9 Å². The van der Waals surface area contributed by atoms with Gasteiger partial charge >= 0.3 is 0 Å². The van der Waals surface area contributed by atoms with Crippen LogP contribution < -0.4 is 11.1 Å². The molecule has 3 N–H and O–H groups in total. The number of hydrogen-bond donors (Lipinski definition) is 2. The fourth-order valence-corrected chi connectivity index (χ4v) is 1.64. The van der Waals surface area contributed by atoms with Gasteiger partial charge in [-0.15, -0.1) is 0 Å². The molecule has 0 aliphatic carbocycles. The number of anilines is 1. The second kappa shape index (κ2) is 4.90. The SMILES string of the molecule is CCC(CN)Nc1ncnc2ccccc12. The summed E-state index contributed by atoms with van der Waals surface area (Å²) in [5, 5.41) is 4.38. The van der Waals surface area contributed by atoms with Gasteiger partial charge in [0.25, 0.3) is 0 Å². The zero-order valence-electron chi connectivity index (χ0n) is 9.35. The van der Waals surface area contributed by atoms with Gasteiger partial charge in [0.2, 0.25) is 0 Å². The molecule has 0 saturated heterocycles. The minimum Gasteiger partial charge on any atom is -0.365 e. The molecule has 0 saturated carbocycles. The molecule has 0 fully saturated rings. The van der Waals surface area contributed by atoms with Crippen LogP contribution in [0.15, 0.2) is 30.6 Å². The zero-order valence-corrected chi connectivity index (χ0v) is 9.35. The Morgan fingerprint density at radius 1 is 1.31 bits per heavy atom. The van der Waals surface area contributed by atoms with Gasteiger partial charge in [-0.3, -0.25) is 0 Å². The largest absolute Gasteiger partial charge is 0.365 e. The molecule has 4 heteroatoms. The van der Waals surface area contributed by atoms with E-state index in [-0.39, 0.29) is 6.04 Å². The van der Waals surface area contributed by atoms with Crippen molar-refractivity contribution >= 4 is 16.7 Å². The predicted molar refractivity (Wildman–Crippen MR) is 66.3 cm³/mol. The number of fused-ring (bicyclic) bond motifs is 1. The lowest BCUT2D eigenvalue weighted by Gasteiger charge is -2.16. The standard InChI is InChI=1S/C12H16N4/c1-2-9(7-13)16-12-10-5-3-4-6-11(10)14-8-15-12/h3-6,8-9H,2,7,13H2,1H3,(H,14,15,16). The molecule has 1 atom stereocenters. The third kappa shape index (κ3) is 2.12. The Bertz CT molecular complexity index is 460. The number of hydrogen-bond acceptors (Lipinski definition) is 4. The lowest BCUT2D eigenvalue weighted by Crippen LogP contribution is -2.28. The topological polar surface area (TPSA) is 63.8 Å². The molecule has 0 radical (unpaired) electrons. The monoisotopic (exact) mass is 216 g/mol. The average molecular weight is 216 g/mol. The van der Waals surface area contributed by atoms with E-state index < -0.39 is 0 Å². The van der Waals surface area contributed by atoms with Gasteiger partial charge in [0.15, 0.2) is 0 Å². The molecule has 0 aliphatic heterocycles. The average Bonchev–Trinajstić information content (AvgIpc) is 2.36. The summed E-state index contributed by atoms with van der Waals surface area (Å²) in [7, 11) is 0. The van der Waals surface area contributed by atoms with Crippen LogP contribution in [0.3, 0.4) is 0 Å². The number of rotatable bonds is 4. The van der Waals surface area contributed by atoms with Gasteiger partial charge in [0, 0.05) is 18.0 Å². The summed E-state index contributed by atoms with van der Waals surface area (Å²) in [6, 6.07) is 8.21. The third-order valence-corrected chi connectivity index (χ3v) is 2.66. The van der Waals surface area contributed by atoms with Crippen LogP contribution >= 0.6 is 0 Å². The highest BCUT2D eigenvalue weighted by Gasteiger charge is 2.07. The third-order valence-electron chi connectivity index (χ3n) is 2.66. The summed E-state index contributed by atoms with van der Waals surface area (Å²) in [5.74, 6) is 0.864. The van der Waals surface area contributed by atoms with Gasteiger partial charge in [-0.25, -0.2) is 9.97 Å². The van der Waals surface area contributed by atoms with E-state index in [9.17, 15) is 0 Å². The number of nitrogens with zero attached hydrogens (tertiary/aromatic N) is 2. The van der Waals surface area contributed by atoms with Crippen LogP contribution in [0, 0.1) is 0 Å². The lowest BCUT2D eigenvalue weighted by molar-refractivity contribution is 0.701. The molecule has 84 valence electrons. The summed E-state index contributed by atoms with van der Waals surface area (Å²) in [6.45, 7) is 2.71. The number of benzene rings is 1. The van der Waals surface area contributed by atoms with E-state index in [1.54, 1.807) is 6.33 Å². The minimum atomic E-state index is 0.262. The Kier molecular flexibility index (Phi) is 3.31. The first-order valence-corrected chi connectivity index (χ1v) is 5.51. The van der Waals surface area contributed by atoms with E-state index in [1.165, 1.54) is 0 Å². The van der Waals surface area contributed by atoms with Gasteiger partial charge in [-0.1, -0.05) is 19.1 Å². The molecular weight excluding hydrogens is 200 g/mol. The van der Waals surface area contributed by atoms with E-state index in [2.05, 4.69) is 22.2 Å². The van der Waals surface area contributed by atoms with Crippen molar-refractivity contribution in [3.63, 3.8) is 0 Å². The molecule has 16 heavy (non-hydrogen) atoms. The van der Waals surface area contributed by atoms with Crippen molar-refractivity contribution in [3.05, 3.63) is 30.6 Å². The van der Waals surface area contributed by atoms with Crippen LogP contribution in [0.2, 0.25) is 0 Å². The van der Waals surface area contributed by atoms with Crippen LogP contribution in [0.1, 0.15) is 13.3 Å². The Hall–Kier alpha value is -1.68. The maximum absolute atomic E-state index is 5.67. The maximum atomic E-state index is 5.67. The Balaban J connectivity index is 2.36. The van der Waals surface area contributed by atoms with Crippen LogP contribution in [-0.2, 0) is 0 Å². The van der Waals surface area contributed by atoms with Crippen molar-refractivity contribution in [3.8, 4) is 0 Å². The van der Waals surface area contributed by atoms with E-state index in [1.807, 2.05) is 24.3 Å². The Labute approximate surface area is 94.9 Å². The lowest BCUT2D eigenvalue weighted by atomic mass is 10.2. The van der Waals surface area contributed by atoms with E-state index in [4.69, 9.17) is 5.73 Å². The van der Waals surface area contributed by atoms with E-state index in [0.717, 1.165) is 23.1 Å². The second-order valence-electron chi connectivity index (χ2n) is 3.72. The number of para-hydroxylation sites is 1. The summed E-state index contributed by atoms with van der Waals surface area (Å²) in [5.41, 5.74) is 6.62. The highest BCUT2D eigenvalue weighted by Crippen LogP contribution is 2.19. The molecule has 1 heterocycles. The molecule has 2 aromatic rings. The molecule has 2 rings (SSSR count). The van der Waals surface area contributed by atoms with Gasteiger partial charge < -0.3 is 11.1 Å². The van der Waals surface area contributed by atoms with Crippen molar-refractivity contribution in [1.82, 2.24) is 9.97 Å². The first-order chi connectivity index (χ1) is 7.85. The van der Waals surface area contributed by atoms with Crippen LogP contribution in [0.4, 0.5) is 5.82 Å². The molecule has 0 aliphatic rings. The fourth-order valence-electron chi connectivity index (χ4n) is 1.64. The summed E-state index contributed by atoms with van der Waals surface area (Å²) < 4.78 is 0. The quantitative estimate of drug-likeness (QED) is 0.817.